The number of aromatic nitrogens is 4. The first-order valence-electron chi connectivity index (χ1n) is 8.32. The van der Waals surface area contributed by atoms with E-state index in [0.717, 1.165) is 21.9 Å². The van der Waals surface area contributed by atoms with Crippen LogP contribution in [0.2, 0.25) is 0 Å². The number of para-hydroxylation sites is 1. The van der Waals surface area contributed by atoms with Crippen LogP contribution < -0.4 is 0 Å². The molecule has 0 aliphatic rings. The summed E-state index contributed by atoms with van der Waals surface area (Å²) in [6.07, 6.45) is 5.61. The summed E-state index contributed by atoms with van der Waals surface area (Å²) < 4.78 is 4.41. The predicted octanol–water partition coefficient (Wildman–Crippen LogP) is 4.68. The Morgan fingerprint density at radius 1 is 0.760 bits per heavy atom. The van der Waals surface area contributed by atoms with Crippen LogP contribution in [0.1, 0.15) is 0 Å². The maximum atomic E-state index is 4.61. The first-order chi connectivity index (χ1) is 12.3. The molecule has 0 amide bonds. The predicted molar refractivity (Wildman–Crippen MR) is 102 cm³/mol. The quantitative estimate of drug-likeness (QED) is 0.381. The van der Waals surface area contributed by atoms with Gasteiger partial charge in [-0.3, -0.25) is 9.38 Å². The van der Waals surface area contributed by atoms with Crippen molar-refractivity contribution >= 4 is 49.1 Å². The van der Waals surface area contributed by atoms with E-state index in [4.69, 9.17) is 0 Å². The molecule has 6 rings (SSSR count). The topological polar surface area (TPSA) is 35.1 Å². The van der Waals surface area contributed by atoms with Crippen molar-refractivity contribution in [2.75, 3.05) is 0 Å². The van der Waals surface area contributed by atoms with Crippen LogP contribution in [0.4, 0.5) is 0 Å². The fraction of sp³-hybridized carbons (Fsp3) is 0.0476. The summed E-state index contributed by atoms with van der Waals surface area (Å²) in [7, 11) is 2.13. The summed E-state index contributed by atoms with van der Waals surface area (Å²) in [6, 6.07) is 17.3. The van der Waals surface area contributed by atoms with E-state index in [0.29, 0.717) is 0 Å². The summed E-state index contributed by atoms with van der Waals surface area (Å²) in [5.41, 5.74) is 5.68. The molecule has 4 nitrogen and oxygen atoms in total. The fourth-order valence-corrected chi connectivity index (χ4v) is 4.10. The molecule has 0 saturated carbocycles. The largest absolute Gasteiger partial charge is 0.344 e. The molecule has 4 heteroatoms. The number of rotatable bonds is 0. The molecule has 0 spiro atoms. The molecule has 2 aromatic carbocycles. The number of imidazole rings is 1. The molecule has 0 saturated heterocycles. The van der Waals surface area contributed by atoms with Crippen molar-refractivity contribution < 1.29 is 0 Å². The van der Waals surface area contributed by atoms with Gasteiger partial charge in [-0.15, -0.1) is 0 Å². The molecule has 4 aromatic heterocycles. The minimum Gasteiger partial charge on any atom is -0.344 e. The lowest BCUT2D eigenvalue weighted by molar-refractivity contribution is 1.01. The molecule has 0 aliphatic heterocycles. The molecular weight excluding hydrogens is 308 g/mol. The van der Waals surface area contributed by atoms with Crippen molar-refractivity contribution in [1.82, 2.24) is 18.9 Å². The molecule has 0 unspecified atom stereocenters. The van der Waals surface area contributed by atoms with Gasteiger partial charge in [-0.2, -0.15) is 0 Å². The second kappa shape index (κ2) is 4.36. The van der Waals surface area contributed by atoms with Crippen LogP contribution in [0, 0.1) is 0 Å². The number of benzene rings is 2. The second-order valence-corrected chi connectivity index (χ2v) is 6.51. The maximum absolute atomic E-state index is 4.61. The number of pyridine rings is 2. The van der Waals surface area contributed by atoms with Gasteiger partial charge in [0.1, 0.15) is 0 Å². The summed E-state index contributed by atoms with van der Waals surface area (Å²) >= 11 is 0. The Hall–Kier alpha value is -3.40. The van der Waals surface area contributed by atoms with Crippen molar-refractivity contribution in [3.8, 4) is 0 Å². The monoisotopic (exact) mass is 322 g/mol. The molecule has 25 heavy (non-hydrogen) atoms. The number of hydrogen-bond acceptors (Lipinski definition) is 2. The van der Waals surface area contributed by atoms with Crippen LogP contribution in [0.25, 0.3) is 49.1 Å². The highest BCUT2D eigenvalue weighted by atomic mass is 15.0. The molecule has 0 radical (unpaired) electrons. The van der Waals surface area contributed by atoms with Crippen molar-refractivity contribution in [1.29, 1.82) is 0 Å². The van der Waals surface area contributed by atoms with E-state index >= 15 is 0 Å². The Morgan fingerprint density at radius 3 is 2.52 bits per heavy atom. The molecule has 0 N–H and O–H groups in total. The van der Waals surface area contributed by atoms with E-state index in [2.05, 4.69) is 68.4 Å². The van der Waals surface area contributed by atoms with Gasteiger partial charge in [-0.05, 0) is 24.3 Å². The number of nitrogens with zero attached hydrogens (tertiary/aromatic N) is 4. The third-order valence-corrected chi connectivity index (χ3v) is 5.27. The summed E-state index contributed by atoms with van der Waals surface area (Å²) in [4.78, 5) is 8.98. The highest BCUT2D eigenvalue weighted by molar-refractivity contribution is 6.18. The number of aryl methyl sites for hydroxylation is 1. The number of hydrogen-bond donors (Lipinski definition) is 0. The van der Waals surface area contributed by atoms with Crippen LogP contribution >= 0.6 is 0 Å². The second-order valence-electron chi connectivity index (χ2n) is 6.51. The zero-order valence-corrected chi connectivity index (χ0v) is 13.6. The van der Waals surface area contributed by atoms with E-state index in [1.807, 2.05) is 24.8 Å². The lowest BCUT2D eigenvalue weighted by Crippen LogP contribution is -1.92. The van der Waals surface area contributed by atoms with Gasteiger partial charge in [-0.1, -0.05) is 24.3 Å². The van der Waals surface area contributed by atoms with Gasteiger partial charge in [0.15, 0.2) is 0 Å². The van der Waals surface area contributed by atoms with Gasteiger partial charge in [0.2, 0.25) is 0 Å². The van der Waals surface area contributed by atoms with Gasteiger partial charge in [0.25, 0.3) is 0 Å². The van der Waals surface area contributed by atoms with E-state index in [1.165, 1.54) is 27.2 Å². The molecule has 4 heterocycles. The highest BCUT2D eigenvalue weighted by Gasteiger charge is 2.14. The van der Waals surface area contributed by atoms with Crippen molar-refractivity contribution in [3.63, 3.8) is 0 Å². The average Bonchev–Trinajstić information content (AvgIpc) is 3.26. The first kappa shape index (κ1) is 13.0. The van der Waals surface area contributed by atoms with Gasteiger partial charge in [-0.25, -0.2) is 4.98 Å². The summed E-state index contributed by atoms with van der Waals surface area (Å²) in [5.74, 6) is 0. The van der Waals surface area contributed by atoms with Gasteiger partial charge in [0, 0.05) is 45.8 Å². The smallest absolute Gasteiger partial charge is 0.0997 e. The Morgan fingerprint density at radius 2 is 1.56 bits per heavy atom. The average molecular weight is 322 g/mol. The normalized spacial score (nSPS) is 12.2. The van der Waals surface area contributed by atoms with Crippen LogP contribution in [0.3, 0.4) is 0 Å². The Labute approximate surface area is 142 Å². The minimum atomic E-state index is 0.991. The number of fused-ring (bicyclic) bond motifs is 9. The molecule has 0 bridgehead atoms. The Bertz CT molecular complexity index is 1450. The first-order valence-corrected chi connectivity index (χ1v) is 8.32. The van der Waals surface area contributed by atoms with E-state index < -0.39 is 0 Å². The van der Waals surface area contributed by atoms with E-state index in [9.17, 15) is 0 Å². The zero-order valence-electron chi connectivity index (χ0n) is 13.6. The van der Waals surface area contributed by atoms with Crippen LogP contribution in [0.15, 0.2) is 67.3 Å². The minimum absolute atomic E-state index is 0.991. The van der Waals surface area contributed by atoms with E-state index in [-0.39, 0.29) is 0 Å². The molecule has 0 aliphatic carbocycles. The zero-order chi connectivity index (χ0) is 16.5. The molecule has 0 fully saturated rings. The van der Waals surface area contributed by atoms with Crippen molar-refractivity contribution in [3.05, 3.63) is 67.3 Å². The maximum Gasteiger partial charge on any atom is 0.0997 e. The molecule has 0 atom stereocenters. The van der Waals surface area contributed by atoms with Gasteiger partial charge < -0.3 is 4.57 Å². The van der Waals surface area contributed by atoms with Crippen LogP contribution in [0.5, 0.6) is 0 Å². The van der Waals surface area contributed by atoms with Crippen LogP contribution in [-0.2, 0) is 7.05 Å². The summed E-state index contributed by atoms with van der Waals surface area (Å²) in [5, 5.41) is 4.91. The SMILES string of the molecule is Cn1c2ccccc2c2cc3c(cc21)c1cccnc1c1cncn31. The lowest BCUT2D eigenvalue weighted by atomic mass is 10.1. The van der Waals surface area contributed by atoms with Gasteiger partial charge >= 0.3 is 0 Å². The lowest BCUT2D eigenvalue weighted by Gasteiger charge is -2.09. The summed E-state index contributed by atoms with van der Waals surface area (Å²) in [6.45, 7) is 0. The standard InChI is InChI=1S/C21H14N4/c1-24-17-7-3-2-5-13(17)15-10-19-16(9-18(15)24)14-6-4-8-23-21(14)20-11-22-12-25(19)20/h2-12H,1H3. The van der Waals surface area contributed by atoms with E-state index in [1.54, 1.807) is 0 Å². The Balaban J connectivity index is 1.98. The van der Waals surface area contributed by atoms with Gasteiger partial charge in [0.05, 0.1) is 29.1 Å². The molecule has 6 aromatic rings. The fourth-order valence-electron chi connectivity index (χ4n) is 4.10. The highest BCUT2D eigenvalue weighted by Crippen LogP contribution is 2.35. The molecule has 118 valence electrons. The third-order valence-electron chi connectivity index (χ3n) is 5.27. The van der Waals surface area contributed by atoms with Crippen molar-refractivity contribution in [2.45, 2.75) is 0 Å². The third kappa shape index (κ3) is 1.51. The Kier molecular flexibility index (Phi) is 2.26. The van der Waals surface area contributed by atoms with Crippen LogP contribution in [-0.4, -0.2) is 18.9 Å². The molecular formula is C21H14N4. The van der Waals surface area contributed by atoms with Crippen molar-refractivity contribution in [2.24, 2.45) is 7.05 Å².